The summed E-state index contributed by atoms with van der Waals surface area (Å²) in [7, 11) is 3.11. The third kappa shape index (κ3) is 2.27. The molecule has 3 N–H and O–H groups in total. The van der Waals surface area contributed by atoms with Crippen molar-refractivity contribution in [3.05, 3.63) is 30.6 Å². The second kappa shape index (κ2) is 5.22. The van der Waals surface area contributed by atoms with Crippen molar-refractivity contribution in [1.29, 1.82) is 0 Å². The first-order valence-corrected chi connectivity index (χ1v) is 5.30. The van der Waals surface area contributed by atoms with Crippen LogP contribution in [0.25, 0.3) is 0 Å². The van der Waals surface area contributed by atoms with Crippen molar-refractivity contribution in [2.24, 2.45) is 0 Å². The minimum atomic E-state index is 0.336. The van der Waals surface area contributed by atoms with Crippen molar-refractivity contribution in [3.8, 4) is 11.6 Å². The lowest BCUT2D eigenvalue weighted by Gasteiger charge is -2.12. The third-order valence-electron chi connectivity index (χ3n) is 2.40. The van der Waals surface area contributed by atoms with Crippen LogP contribution in [0, 0.1) is 0 Å². The van der Waals surface area contributed by atoms with Gasteiger partial charge >= 0.3 is 0 Å². The highest BCUT2D eigenvalue weighted by atomic mass is 16.5. The predicted octanol–water partition coefficient (Wildman–Crippen LogP) is 1.82. The van der Waals surface area contributed by atoms with Crippen LogP contribution < -0.4 is 20.5 Å². The first kappa shape index (κ1) is 12.0. The molecule has 0 bridgehead atoms. The Morgan fingerprint density at radius 3 is 2.61 bits per heavy atom. The number of hydrogen-bond acceptors (Lipinski definition) is 6. The summed E-state index contributed by atoms with van der Waals surface area (Å²) in [6, 6.07) is 7.48. The molecule has 0 radical (unpaired) electrons. The van der Waals surface area contributed by atoms with Crippen LogP contribution >= 0.6 is 0 Å². The Morgan fingerprint density at radius 1 is 1.11 bits per heavy atom. The van der Waals surface area contributed by atoms with Crippen molar-refractivity contribution in [2.75, 3.05) is 25.3 Å². The van der Waals surface area contributed by atoms with E-state index in [-0.39, 0.29) is 0 Å². The number of nitrogen functional groups attached to an aromatic ring is 1. The van der Waals surface area contributed by atoms with Gasteiger partial charge < -0.3 is 20.5 Å². The van der Waals surface area contributed by atoms with Crippen LogP contribution in [0.5, 0.6) is 11.6 Å². The number of benzene rings is 1. The molecular formula is C12H14N4O2. The number of nitrogens with one attached hydrogen (secondary N) is 1. The molecule has 6 nitrogen and oxygen atoms in total. The Hall–Kier alpha value is -2.50. The molecule has 2 rings (SSSR count). The number of nitrogens with two attached hydrogens (primary N) is 1. The van der Waals surface area contributed by atoms with E-state index in [1.807, 2.05) is 24.3 Å². The summed E-state index contributed by atoms with van der Waals surface area (Å²) in [6.45, 7) is 0. The molecule has 1 aromatic carbocycles. The topological polar surface area (TPSA) is 82.3 Å². The number of hydrogen-bond donors (Lipinski definition) is 2. The second-order valence-electron chi connectivity index (χ2n) is 3.47. The van der Waals surface area contributed by atoms with Gasteiger partial charge in [0.1, 0.15) is 17.8 Å². The van der Waals surface area contributed by atoms with Crippen molar-refractivity contribution < 1.29 is 9.47 Å². The predicted molar refractivity (Wildman–Crippen MR) is 69.3 cm³/mol. The van der Waals surface area contributed by atoms with Gasteiger partial charge in [-0.1, -0.05) is 12.1 Å². The van der Waals surface area contributed by atoms with Crippen LogP contribution in [0.1, 0.15) is 0 Å². The fourth-order valence-electron chi connectivity index (χ4n) is 1.52. The van der Waals surface area contributed by atoms with Gasteiger partial charge in [0.15, 0.2) is 5.82 Å². The number of methoxy groups -OCH3 is 2. The highest BCUT2D eigenvalue weighted by molar-refractivity contribution is 5.74. The molecule has 0 fully saturated rings. The minimum absolute atomic E-state index is 0.336. The van der Waals surface area contributed by atoms with E-state index in [0.717, 1.165) is 5.69 Å². The molecule has 6 heteroatoms. The van der Waals surface area contributed by atoms with Crippen LogP contribution in [0.3, 0.4) is 0 Å². The number of rotatable bonds is 4. The maximum Gasteiger partial charge on any atom is 0.242 e. The lowest BCUT2D eigenvalue weighted by molar-refractivity contribution is 0.399. The zero-order valence-electron chi connectivity index (χ0n) is 10.2. The fourth-order valence-corrected chi connectivity index (χ4v) is 1.52. The van der Waals surface area contributed by atoms with Crippen LogP contribution in [-0.2, 0) is 0 Å². The highest BCUT2D eigenvalue weighted by Crippen LogP contribution is 2.31. The summed E-state index contributed by atoms with van der Waals surface area (Å²) in [6.07, 6.45) is 1.38. The lowest BCUT2D eigenvalue weighted by atomic mass is 10.3. The van der Waals surface area contributed by atoms with E-state index >= 15 is 0 Å². The number of para-hydroxylation sites is 2. The van der Waals surface area contributed by atoms with Crippen molar-refractivity contribution in [1.82, 2.24) is 9.97 Å². The summed E-state index contributed by atoms with van der Waals surface area (Å²) in [4.78, 5) is 7.99. The normalized spacial score (nSPS) is 9.89. The molecule has 0 amide bonds. The van der Waals surface area contributed by atoms with Gasteiger partial charge in [-0.25, -0.2) is 4.98 Å². The molecule has 1 heterocycles. The van der Waals surface area contributed by atoms with Crippen LogP contribution in [0.4, 0.5) is 17.2 Å². The summed E-state index contributed by atoms with van der Waals surface area (Å²) in [5.74, 6) is 1.52. The van der Waals surface area contributed by atoms with E-state index in [0.29, 0.717) is 23.1 Å². The summed E-state index contributed by atoms with van der Waals surface area (Å²) < 4.78 is 10.3. The number of ether oxygens (including phenoxy) is 2. The van der Waals surface area contributed by atoms with Gasteiger partial charge in [-0.05, 0) is 12.1 Å². The molecule has 0 saturated heterocycles. The summed E-state index contributed by atoms with van der Waals surface area (Å²) in [5, 5.41) is 3.09. The molecule has 2 aromatic rings. The number of aromatic nitrogens is 2. The van der Waals surface area contributed by atoms with Crippen molar-refractivity contribution in [3.63, 3.8) is 0 Å². The molecule has 94 valence electrons. The molecule has 0 unspecified atom stereocenters. The third-order valence-corrected chi connectivity index (χ3v) is 2.40. The first-order valence-electron chi connectivity index (χ1n) is 5.30. The maximum absolute atomic E-state index is 5.88. The van der Waals surface area contributed by atoms with E-state index in [2.05, 4.69) is 15.3 Å². The summed E-state index contributed by atoms with van der Waals surface area (Å²) in [5.41, 5.74) is 7.00. The van der Waals surface area contributed by atoms with E-state index < -0.39 is 0 Å². The number of nitrogens with zero attached hydrogens (tertiary/aromatic N) is 2. The van der Waals surface area contributed by atoms with E-state index in [9.17, 15) is 0 Å². The van der Waals surface area contributed by atoms with Gasteiger partial charge in [0, 0.05) is 0 Å². The summed E-state index contributed by atoms with van der Waals surface area (Å²) >= 11 is 0. The van der Waals surface area contributed by atoms with E-state index in [1.54, 1.807) is 7.11 Å². The van der Waals surface area contributed by atoms with Crippen molar-refractivity contribution >= 4 is 17.2 Å². The SMILES string of the molecule is COc1ccccc1Nc1ncnc(OC)c1N. The van der Waals surface area contributed by atoms with Gasteiger partial charge in [-0.3, -0.25) is 0 Å². The maximum atomic E-state index is 5.88. The Bertz CT molecular complexity index is 545. The first-order chi connectivity index (χ1) is 8.76. The standard InChI is InChI=1S/C12H14N4O2/c1-17-9-6-4-3-5-8(9)16-11-10(13)12(18-2)15-7-14-11/h3-7H,13H2,1-2H3,(H,14,15,16). The second-order valence-corrected chi connectivity index (χ2v) is 3.47. The highest BCUT2D eigenvalue weighted by Gasteiger charge is 2.10. The minimum Gasteiger partial charge on any atom is -0.495 e. The molecule has 0 atom stereocenters. The van der Waals surface area contributed by atoms with Crippen LogP contribution in [0.2, 0.25) is 0 Å². The molecule has 0 aliphatic rings. The quantitative estimate of drug-likeness (QED) is 0.856. The van der Waals surface area contributed by atoms with Crippen LogP contribution in [0.15, 0.2) is 30.6 Å². The van der Waals surface area contributed by atoms with Crippen LogP contribution in [-0.4, -0.2) is 24.2 Å². The van der Waals surface area contributed by atoms with Gasteiger partial charge in [0.2, 0.25) is 5.88 Å². The number of anilines is 3. The van der Waals surface area contributed by atoms with Gasteiger partial charge in [-0.2, -0.15) is 4.98 Å². The van der Waals surface area contributed by atoms with E-state index in [1.165, 1.54) is 13.4 Å². The molecule has 0 aliphatic heterocycles. The Morgan fingerprint density at radius 2 is 1.89 bits per heavy atom. The van der Waals surface area contributed by atoms with Gasteiger partial charge in [0.25, 0.3) is 0 Å². The Balaban J connectivity index is 2.34. The lowest BCUT2D eigenvalue weighted by Crippen LogP contribution is -2.03. The smallest absolute Gasteiger partial charge is 0.242 e. The van der Waals surface area contributed by atoms with Gasteiger partial charge in [-0.15, -0.1) is 0 Å². The van der Waals surface area contributed by atoms with Gasteiger partial charge in [0.05, 0.1) is 19.9 Å². The molecule has 0 aliphatic carbocycles. The Kier molecular flexibility index (Phi) is 3.47. The monoisotopic (exact) mass is 246 g/mol. The molecular weight excluding hydrogens is 232 g/mol. The molecule has 1 aromatic heterocycles. The Labute approximate surface area is 105 Å². The average molecular weight is 246 g/mol. The molecule has 0 spiro atoms. The molecule has 18 heavy (non-hydrogen) atoms. The fraction of sp³-hybridized carbons (Fsp3) is 0.167. The molecule has 0 saturated carbocycles. The van der Waals surface area contributed by atoms with Crippen molar-refractivity contribution in [2.45, 2.75) is 0 Å². The average Bonchev–Trinajstić information content (AvgIpc) is 2.42. The zero-order chi connectivity index (χ0) is 13.0. The van der Waals surface area contributed by atoms with E-state index in [4.69, 9.17) is 15.2 Å². The zero-order valence-corrected chi connectivity index (χ0v) is 10.2. The largest absolute Gasteiger partial charge is 0.495 e.